The first-order valence-electron chi connectivity index (χ1n) is 4.96. The fourth-order valence-electron chi connectivity index (χ4n) is 1.22. The van der Waals surface area contributed by atoms with Gasteiger partial charge in [0, 0.05) is 6.04 Å². The predicted octanol–water partition coefficient (Wildman–Crippen LogP) is 1.50. The normalized spacial score (nSPS) is 10.5. The molecule has 15 heavy (non-hydrogen) atoms. The van der Waals surface area contributed by atoms with Crippen LogP contribution in [0.15, 0.2) is 6.20 Å². The Balaban J connectivity index is 2.82. The second kappa shape index (κ2) is 5.45. The molecule has 0 atom stereocenters. The van der Waals surface area contributed by atoms with Gasteiger partial charge in [-0.1, -0.05) is 13.8 Å². The summed E-state index contributed by atoms with van der Waals surface area (Å²) in [5, 5.41) is 3.00. The van der Waals surface area contributed by atoms with Crippen LogP contribution in [0.1, 0.15) is 26.7 Å². The molecular formula is C9H16FN5. The van der Waals surface area contributed by atoms with Gasteiger partial charge in [0.2, 0.25) is 5.95 Å². The summed E-state index contributed by atoms with van der Waals surface area (Å²) in [7, 11) is 0. The van der Waals surface area contributed by atoms with Crippen LogP contribution in [0, 0.1) is 5.82 Å². The quantitative estimate of drug-likeness (QED) is 0.510. The number of halogens is 1. The molecule has 0 fully saturated rings. The van der Waals surface area contributed by atoms with Crippen molar-refractivity contribution in [3.63, 3.8) is 0 Å². The van der Waals surface area contributed by atoms with E-state index in [0.29, 0.717) is 0 Å². The third kappa shape index (κ3) is 3.02. The van der Waals surface area contributed by atoms with Crippen LogP contribution in [-0.4, -0.2) is 16.0 Å². The summed E-state index contributed by atoms with van der Waals surface area (Å²) in [5.41, 5.74) is 2.27. The minimum atomic E-state index is -0.471. The molecule has 0 aliphatic heterocycles. The molecule has 0 unspecified atom stereocenters. The maximum atomic E-state index is 13.3. The van der Waals surface area contributed by atoms with Crippen molar-refractivity contribution in [2.24, 2.45) is 5.84 Å². The number of rotatable bonds is 5. The first kappa shape index (κ1) is 11.6. The molecule has 0 saturated heterocycles. The van der Waals surface area contributed by atoms with Crippen molar-refractivity contribution < 1.29 is 4.39 Å². The van der Waals surface area contributed by atoms with Crippen LogP contribution in [0.4, 0.5) is 16.2 Å². The van der Waals surface area contributed by atoms with E-state index in [-0.39, 0.29) is 17.8 Å². The van der Waals surface area contributed by atoms with E-state index in [4.69, 9.17) is 5.84 Å². The van der Waals surface area contributed by atoms with Crippen molar-refractivity contribution in [1.29, 1.82) is 0 Å². The minimum absolute atomic E-state index is 0.187. The highest BCUT2D eigenvalue weighted by Gasteiger charge is 2.10. The van der Waals surface area contributed by atoms with E-state index in [1.807, 2.05) is 13.8 Å². The Bertz CT molecular complexity index is 313. The van der Waals surface area contributed by atoms with Crippen LogP contribution in [-0.2, 0) is 0 Å². The maximum Gasteiger partial charge on any atom is 0.239 e. The van der Waals surface area contributed by atoms with Gasteiger partial charge in [0.15, 0.2) is 11.6 Å². The van der Waals surface area contributed by atoms with E-state index in [1.54, 1.807) is 0 Å². The van der Waals surface area contributed by atoms with Gasteiger partial charge in [-0.3, -0.25) is 5.43 Å². The number of hydrogen-bond acceptors (Lipinski definition) is 5. The summed E-state index contributed by atoms with van der Waals surface area (Å²) in [5.74, 6) is 5.05. The van der Waals surface area contributed by atoms with Gasteiger partial charge in [-0.25, -0.2) is 15.2 Å². The van der Waals surface area contributed by atoms with Gasteiger partial charge in [0.25, 0.3) is 0 Å². The number of nitrogen functional groups attached to an aromatic ring is 1. The van der Waals surface area contributed by atoms with Crippen LogP contribution in [0.2, 0.25) is 0 Å². The standard InChI is InChI=1S/C9H16FN5/c1-3-6(4-2)13-8-7(10)5-12-9(14-8)15-11/h5-6H,3-4,11H2,1-2H3,(H2,12,13,14,15). The predicted molar refractivity (Wildman–Crippen MR) is 57.8 cm³/mol. The van der Waals surface area contributed by atoms with Crippen molar-refractivity contribution in [2.45, 2.75) is 32.7 Å². The van der Waals surface area contributed by atoms with Crippen molar-refractivity contribution in [3.05, 3.63) is 12.0 Å². The van der Waals surface area contributed by atoms with Crippen molar-refractivity contribution in [3.8, 4) is 0 Å². The van der Waals surface area contributed by atoms with Crippen molar-refractivity contribution in [2.75, 3.05) is 10.7 Å². The SMILES string of the molecule is CCC(CC)Nc1nc(NN)ncc1F. The molecule has 0 saturated carbocycles. The lowest BCUT2D eigenvalue weighted by molar-refractivity contribution is 0.602. The van der Waals surface area contributed by atoms with Gasteiger partial charge in [-0.15, -0.1) is 0 Å². The van der Waals surface area contributed by atoms with Crippen LogP contribution in [0.25, 0.3) is 0 Å². The fourth-order valence-corrected chi connectivity index (χ4v) is 1.22. The molecule has 0 aliphatic rings. The molecule has 0 spiro atoms. The lowest BCUT2D eigenvalue weighted by atomic mass is 10.2. The average molecular weight is 213 g/mol. The molecular weight excluding hydrogens is 197 g/mol. The van der Waals surface area contributed by atoms with Gasteiger partial charge in [0.05, 0.1) is 6.20 Å². The first-order valence-corrected chi connectivity index (χ1v) is 4.96. The number of nitrogens with one attached hydrogen (secondary N) is 2. The third-order valence-electron chi connectivity index (χ3n) is 2.20. The highest BCUT2D eigenvalue weighted by molar-refractivity contribution is 5.41. The number of aromatic nitrogens is 2. The van der Waals surface area contributed by atoms with Gasteiger partial charge in [-0.05, 0) is 12.8 Å². The summed E-state index contributed by atoms with van der Waals surface area (Å²) >= 11 is 0. The number of nitrogens with zero attached hydrogens (tertiary/aromatic N) is 2. The molecule has 4 N–H and O–H groups in total. The molecule has 1 aromatic rings. The zero-order chi connectivity index (χ0) is 11.3. The molecule has 5 nitrogen and oxygen atoms in total. The Kier molecular flexibility index (Phi) is 4.23. The Morgan fingerprint density at radius 1 is 1.47 bits per heavy atom. The fraction of sp³-hybridized carbons (Fsp3) is 0.556. The largest absolute Gasteiger partial charge is 0.365 e. The maximum absolute atomic E-state index is 13.3. The molecule has 1 rings (SSSR count). The molecule has 0 amide bonds. The lowest BCUT2D eigenvalue weighted by Crippen LogP contribution is -2.20. The second-order valence-corrected chi connectivity index (χ2v) is 3.19. The van der Waals surface area contributed by atoms with E-state index < -0.39 is 5.82 Å². The summed E-state index contributed by atoms with van der Waals surface area (Å²) < 4.78 is 13.3. The van der Waals surface area contributed by atoms with Crippen molar-refractivity contribution in [1.82, 2.24) is 9.97 Å². The smallest absolute Gasteiger partial charge is 0.239 e. The zero-order valence-electron chi connectivity index (χ0n) is 8.92. The van der Waals surface area contributed by atoms with Gasteiger partial charge in [-0.2, -0.15) is 4.98 Å². The van der Waals surface area contributed by atoms with E-state index in [0.717, 1.165) is 19.0 Å². The Hall–Kier alpha value is -1.43. The summed E-state index contributed by atoms with van der Waals surface area (Å²) in [6.07, 6.45) is 2.91. The third-order valence-corrected chi connectivity index (χ3v) is 2.20. The van der Waals surface area contributed by atoms with Gasteiger partial charge < -0.3 is 5.32 Å². The molecule has 1 aromatic heterocycles. The van der Waals surface area contributed by atoms with E-state index in [9.17, 15) is 4.39 Å². The second-order valence-electron chi connectivity index (χ2n) is 3.19. The highest BCUT2D eigenvalue weighted by Crippen LogP contribution is 2.14. The van der Waals surface area contributed by atoms with Crippen LogP contribution >= 0.6 is 0 Å². The Morgan fingerprint density at radius 2 is 2.13 bits per heavy atom. The average Bonchev–Trinajstić information content (AvgIpc) is 2.28. The van der Waals surface area contributed by atoms with Crippen LogP contribution < -0.4 is 16.6 Å². The number of hydrogen-bond donors (Lipinski definition) is 3. The lowest BCUT2D eigenvalue weighted by Gasteiger charge is -2.15. The summed E-state index contributed by atoms with van der Waals surface area (Å²) in [6.45, 7) is 4.06. The number of nitrogens with two attached hydrogens (primary N) is 1. The Morgan fingerprint density at radius 3 is 2.67 bits per heavy atom. The number of anilines is 2. The molecule has 0 aliphatic carbocycles. The van der Waals surface area contributed by atoms with E-state index in [1.165, 1.54) is 0 Å². The summed E-state index contributed by atoms with van der Waals surface area (Å²) in [4.78, 5) is 7.55. The van der Waals surface area contributed by atoms with Crippen LogP contribution in [0.5, 0.6) is 0 Å². The van der Waals surface area contributed by atoms with Crippen LogP contribution in [0.3, 0.4) is 0 Å². The molecule has 6 heteroatoms. The Labute approximate surface area is 88.3 Å². The highest BCUT2D eigenvalue weighted by atomic mass is 19.1. The number of hydrazine groups is 1. The minimum Gasteiger partial charge on any atom is -0.365 e. The summed E-state index contributed by atoms with van der Waals surface area (Å²) in [6, 6.07) is 0.208. The monoisotopic (exact) mass is 213 g/mol. The zero-order valence-corrected chi connectivity index (χ0v) is 8.92. The molecule has 0 radical (unpaired) electrons. The van der Waals surface area contributed by atoms with Gasteiger partial charge in [0.1, 0.15) is 0 Å². The molecule has 0 aromatic carbocycles. The van der Waals surface area contributed by atoms with E-state index in [2.05, 4.69) is 20.7 Å². The first-order chi connectivity index (χ1) is 7.21. The van der Waals surface area contributed by atoms with E-state index >= 15 is 0 Å². The molecule has 0 bridgehead atoms. The van der Waals surface area contributed by atoms with Crippen molar-refractivity contribution >= 4 is 11.8 Å². The molecule has 1 heterocycles. The molecule has 84 valence electrons. The topological polar surface area (TPSA) is 75.9 Å². The van der Waals surface area contributed by atoms with Gasteiger partial charge >= 0.3 is 0 Å².